The number of para-hydroxylation sites is 2. The van der Waals surface area contributed by atoms with Crippen LogP contribution in [0.4, 0.5) is 11.4 Å². The lowest BCUT2D eigenvalue weighted by atomic mass is 9.85. The topological polar surface area (TPSA) is 69.7 Å². The van der Waals surface area contributed by atoms with Gasteiger partial charge in [0.15, 0.2) is 0 Å². The van der Waals surface area contributed by atoms with Gasteiger partial charge < -0.3 is 10.2 Å². The highest BCUT2D eigenvalue weighted by molar-refractivity contribution is 6.09. The van der Waals surface area contributed by atoms with Crippen LogP contribution in [0.25, 0.3) is 0 Å². The summed E-state index contributed by atoms with van der Waals surface area (Å²) in [5, 5.41) is 2.95. The fourth-order valence-corrected chi connectivity index (χ4v) is 6.01. The average Bonchev–Trinajstić information content (AvgIpc) is 3.56. The Kier molecular flexibility index (Phi) is 4.42. The smallest absolute Gasteiger partial charge is 0.244 e. The van der Waals surface area contributed by atoms with Gasteiger partial charge in [0, 0.05) is 24.5 Å². The molecule has 2 bridgehead atoms. The number of fused-ring (bicyclic) bond motifs is 6. The van der Waals surface area contributed by atoms with Crippen LogP contribution in [-0.2, 0) is 27.3 Å². The summed E-state index contributed by atoms with van der Waals surface area (Å²) in [7, 11) is 0. The Morgan fingerprint density at radius 1 is 0.938 bits per heavy atom. The lowest BCUT2D eigenvalue weighted by Crippen LogP contribution is -2.39. The van der Waals surface area contributed by atoms with Crippen LogP contribution >= 0.6 is 0 Å². The number of likely N-dealkylation sites (tertiary alicyclic amines) is 1. The molecule has 0 aromatic heterocycles. The first kappa shape index (κ1) is 19.3. The van der Waals surface area contributed by atoms with Crippen molar-refractivity contribution in [2.75, 3.05) is 23.3 Å². The number of anilines is 2. The van der Waals surface area contributed by atoms with Gasteiger partial charge in [-0.25, -0.2) is 0 Å². The number of allylic oxidation sites excluding steroid dienone is 2. The van der Waals surface area contributed by atoms with Crippen LogP contribution in [-0.4, -0.2) is 35.7 Å². The number of rotatable bonds is 5. The van der Waals surface area contributed by atoms with Gasteiger partial charge in [-0.05, 0) is 47.9 Å². The van der Waals surface area contributed by atoms with Crippen LogP contribution in [0.5, 0.6) is 0 Å². The van der Waals surface area contributed by atoms with Crippen LogP contribution in [0.3, 0.4) is 0 Å². The van der Waals surface area contributed by atoms with Crippen molar-refractivity contribution in [3.63, 3.8) is 0 Å². The molecule has 2 aromatic carbocycles. The number of hydrogen-bond donors (Lipinski definition) is 1. The Morgan fingerprint density at radius 2 is 1.62 bits per heavy atom. The van der Waals surface area contributed by atoms with E-state index in [1.54, 1.807) is 0 Å². The minimum Gasteiger partial charge on any atom is -0.367 e. The van der Waals surface area contributed by atoms with E-state index >= 15 is 0 Å². The number of nitrogens with one attached hydrogen (secondary N) is 1. The molecule has 6 heteroatoms. The molecule has 0 spiro atoms. The first-order chi connectivity index (χ1) is 15.6. The number of imide groups is 1. The second-order valence-corrected chi connectivity index (χ2v) is 9.27. The Balaban J connectivity index is 1.15. The van der Waals surface area contributed by atoms with E-state index in [4.69, 9.17) is 0 Å². The molecule has 1 N–H and O–H groups in total. The zero-order chi connectivity index (χ0) is 21.8. The van der Waals surface area contributed by atoms with Crippen LogP contribution in [0.2, 0.25) is 0 Å². The molecule has 32 heavy (non-hydrogen) atoms. The Hall–Kier alpha value is -3.41. The first-order valence-electron chi connectivity index (χ1n) is 11.3. The number of benzene rings is 2. The van der Waals surface area contributed by atoms with E-state index in [0.29, 0.717) is 6.54 Å². The Morgan fingerprint density at radius 3 is 2.41 bits per heavy atom. The van der Waals surface area contributed by atoms with E-state index in [0.717, 1.165) is 30.6 Å². The molecule has 4 atom stereocenters. The minimum atomic E-state index is -0.332. The predicted octanol–water partition coefficient (Wildman–Crippen LogP) is 2.99. The summed E-state index contributed by atoms with van der Waals surface area (Å²) in [6.07, 6.45) is 6.03. The Bertz CT molecular complexity index is 1130. The third-order valence-corrected chi connectivity index (χ3v) is 7.50. The van der Waals surface area contributed by atoms with Gasteiger partial charge in [-0.15, -0.1) is 0 Å². The lowest BCUT2D eigenvalue weighted by molar-refractivity contribution is -0.143. The third kappa shape index (κ3) is 2.97. The minimum absolute atomic E-state index is 0.151. The van der Waals surface area contributed by atoms with Crippen molar-refractivity contribution >= 4 is 29.1 Å². The fraction of sp³-hybridized carbons (Fsp3) is 0.346. The number of hydrogen-bond acceptors (Lipinski definition) is 4. The summed E-state index contributed by atoms with van der Waals surface area (Å²) in [5.41, 5.74) is 4.31. The monoisotopic (exact) mass is 427 g/mol. The van der Waals surface area contributed by atoms with Gasteiger partial charge in [-0.3, -0.25) is 19.3 Å². The van der Waals surface area contributed by atoms with E-state index in [1.807, 2.05) is 30.3 Å². The van der Waals surface area contributed by atoms with Crippen LogP contribution < -0.4 is 10.2 Å². The maximum Gasteiger partial charge on any atom is 0.244 e. The lowest BCUT2D eigenvalue weighted by Gasteiger charge is -2.22. The number of carbonyl (C=O) groups excluding carboxylic acids is 3. The summed E-state index contributed by atoms with van der Waals surface area (Å²) in [6, 6.07) is 16.1. The highest BCUT2D eigenvalue weighted by Gasteiger charge is 2.59. The second kappa shape index (κ2) is 7.33. The van der Waals surface area contributed by atoms with E-state index < -0.39 is 0 Å². The molecule has 2 aliphatic heterocycles. The molecule has 2 fully saturated rings. The standard InChI is InChI=1S/C26H25N3O3/c30-22(15-29-25(31)23-17-9-10-18(13-17)24(23)26(29)32)27-20-7-3-1-6-19(20)14-28-12-11-16-5-2-4-8-21(16)28/h1-10,17-18,23-24H,11-15H2,(H,27,30)/t17-,18-,23+,24+/m0/s1. The van der Waals surface area contributed by atoms with E-state index in [2.05, 4.69) is 40.6 Å². The number of amides is 3. The molecule has 2 aliphatic carbocycles. The molecule has 6 rings (SSSR count). The third-order valence-electron chi connectivity index (χ3n) is 7.50. The summed E-state index contributed by atoms with van der Waals surface area (Å²) >= 11 is 0. The summed E-state index contributed by atoms with van der Waals surface area (Å²) in [5.74, 6) is -0.943. The van der Waals surface area contributed by atoms with Crippen LogP contribution in [0, 0.1) is 23.7 Å². The molecular formula is C26H25N3O3. The van der Waals surface area contributed by atoms with E-state index in [9.17, 15) is 14.4 Å². The van der Waals surface area contributed by atoms with Crippen molar-refractivity contribution in [2.24, 2.45) is 23.7 Å². The highest BCUT2D eigenvalue weighted by atomic mass is 16.2. The van der Waals surface area contributed by atoms with Gasteiger partial charge >= 0.3 is 0 Å². The normalized spacial score (nSPS) is 27.2. The van der Waals surface area contributed by atoms with Crippen molar-refractivity contribution in [2.45, 2.75) is 19.4 Å². The predicted molar refractivity (Wildman–Crippen MR) is 121 cm³/mol. The first-order valence-corrected chi connectivity index (χ1v) is 11.3. The largest absolute Gasteiger partial charge is 0.367 e. The van der Waals surface area contributed by atoms with Crippen molar-refractivity contribution < 1.29 is 14.4 Å². The van der Waals surface area contributed by atoms with Crippen molar-refractivity contribution in [1.29, 1.82) is 0 Å². The zero-order valence-corrected chi connectivity index (χ0v) is 17.7. The maximum atomic E-state index is 12.9. The van der Waals surface area contributed by atoms with E-state index in [1.165, 1.54) is 16.2 Å². The number of carbonyl (C=O) groups is 3. The summed E-state index contributed by atoms with van der Waals surface area (Å²) in [6.45, 7) is 1.41. The van der Waals surface area contributed by atoms with Crippen LogP contribution in [0.15, 0.2) is 60.7 Å². The van der Waals surface area contributed by atoms with Gasteiger partial charge in [0.05, 0.1) is 11.8 Å². The van der Waals surface area contributed by atoms with Gasteiger partial charge in [0.1, 0.15) is 6.54 Å². The molecule has 6 nitrogen and oxygen atoms in total. The molecular weight excluding hydrogens is 402 g/mol. The molecule has 1 saturated heterocycles. The number of nitrogens with zero attached hydrogens (tertiary/aromatic N) is 2. The average molecular weight is 428 g/mol. The molecule has 4 aliphatic rings. The van der Waals surface area contributed by atoms with Gasteiger partial charge in [0.25, 0.3) is 0 Å². The van der Waals surface area contributed by atoms with Gasteiger partial charge in [-0.2, -0.15) is 0 Å². The Labute approximate surface area is 186 Å². The molecule has 162 valence electrons. The van der Waals surface area contributed by atoms with Crippen molar-refractivity contribution in [1.82, 2.24) is 4.90 Å². The summed E-state index contributed by atoms with van der Waals surface area (Å²) in [4.78, 5) is 42.1. The fourth-order valence-electron chi connectivity index (χ4n) is 6.01. The second-order valence-electron chi connectivity index (χ2n) is 9.27. The van der Waals surface area contributed by atoms with Crippen molar-refractivity contribution in [3.05, 3.63) is 71.8 Å². The van der Waals surface area contributed by atoms with Crippen molar-refractivity contribution in [3.8, 4) is 0 Å². The highest BCUT2D eigenvalue weighted by Crippen LogP contribution is 2.52. The summed E-state index contributed by atoms with van der Waals surface area (Å²) < 4.78 is 0. The van der Waals surface area contributed by atoms with Gasteiger partial charge in [-0.1, -0.05) is 48.6 Å². The SMILES string of the molecule is O=C(CN1C(=O)[C@H]2[C@H](C1=O)[C@H]1C=C[C@H]2C1)Nc1ccccc1CN1CCc2ccccc21. The van der Waals surface area contributed by atoms with Crippen LogP contribution in [0.1, 0.15) is 17.5 Å². The quantitative estimate of drug-likeness (QED) is 0.588. The molecule has 0 radical (unpaired) electrons. The molecule has 3 amide bonds. The van der Waals surface area contributed by atoms with E-state index in [-0.39, 0.29) is 47.9 Å². The molecule has 2 aromatic rings. The van der Waals surface area contributed by atoms with Gasteiger partial charge in [0.2, 0.25) is 17.7 Å². The molecule has 0 unspecified atom stereocenters. The maximum absolute atomic E-state index is 12.9. The zero-order valence-electron chi connectivity index (χ0n) is 17.7. The molecule has 1 saturated carbocycles. The molecule has 2 heterocycles.